The first-order valence-corrected chi connectivity index (χ1v) is 16.5. The number of fused-ring (bicyclic) bond motifs is 4. The van der Waals surface area contributed by atoms with Crippen molar-refractivity contribution in [2.45, 2.75) is 30.6 Å². The molecule has 1 saturated carbocycles. The van der Waals surface area contributed by atoms with E-state index in [1.54, 1.807) is 48.5 Å². The monoisotopic (exact) mass is 703 g/mol. The van der Waals surface area contributed by atoms with Gasteiger partial charge in [-0.3, -0.25) is 34.3 Å². The predicted molar refractivity (Wildman–Crippen MR) is 178 cm³/mol. The third-order valence-electron chi connectivity index (χ3n) is 10.4. The molecule has 13 heteroatoms. The second-order valence-electron chi connectivity index (χ2n) is 12.8. The standard InChI is InChI=1S/C36H31Cl2N3O8/c1-49-22-9-4-19(5-10-22)36-26(33(46)41(35(36)48)39-28-13-6-20(37)16-27(28)38)17-25-23(31(36)18-2-7-21(42)8-3-18)11-12-24-30(25)34(47)40(32(24)45)15-14-29(43)44/h2-11,13,16,24-26,30-31,39,42H,12,14-15,17H2,1H3,(H,43,44). The van der Waals surface area contributed by atoms with Gasteiger partial charge in [0.1, 0.15) is 11.5 Å². The van der Waals surface area contributed by atoms with Gasteiger partial charge in [-0.25, -0.2) is 0 Å². The summed E-state index contributed by atoms with van der Waals surface area (Å²) in [4.78, 5) is 69.7. The van der Waals surface area contributed by atoms with Crippen LogP contribution in [0.5, 0.6) is 11.5 Å². The molecule has 2 aliphatic heterocycles. The fraction of sp³-hybridized carbons (Fsp3) is 0.306. The molecule has 49 heavy (non-hydrogen) atoms. The first-order valence-electron chi connectivity index (χ1n) is 15.8. The first kappa shape index (κ1) is 32.7. The fourth-order valence-corrected chi connectivity index (χ4v) is 8.83. The number of ether oxygens (including phenoxy) is 1. The van der Waals surface area contributed by atoms with Crippen LogP contribution in [0.1, 0.15) is 36.3 Å². The molecule has 0 bridgehead atoms. The highest BCUT2D eigenvalue weighted by Crippen LogP contribution is 2.64. The molecule has 2 saturated heterocycles. The van der Waals surface area contributed by atoms with Crippen molar-refractivity contribution in [2.24, 2.45) is 23.7 Å². The molecule has 3 N–H and O–H groups in total. The van der Waals surface area contributed by atoms with Gasteiger partial charge in [0.25, 0.3) is 11.8 Å². The van der Waals surface area contributed by atoms with Gasteiger partial charge in [-0.05, 0) is 72.4 Å². The summed E-state index contributed by atoms with van der Waals surface area (Å²) >= 11 is 12.6. The van der Waals surface area contributed by atoms with Crippen LogP contribution in [0.15, 0.2) is 78.4 Å². The van der Waals surface area contributed by atoms with Gasteiger partial charge >= 0.3 is 5.97 Å². The second-order valence-corrected chi connectivity index (χ2v) is 13.6. The Morgan fingerprint density at radius 3 is 2.33 bits per heavy atom. The number of phenolic OH excluding ortho intramolecular Hbond substituents is 1. The smallest absolute Gasteiger partial charge is 0.305 e. The minimum absolute atomic E-state index is 0.00369. The van der Waals surface area contributed by atoms with E-state index in [0.29, 0.717) is 21.9 Å². The number of carboxylic acids is 1. The molecular weight excluding hydrogens is 673 g/mol. The molecule has 4 aliphatic rings. The number of benzene rings is 3. The number of carboxylic acid groups (broad SMARTS) is 1. The highest BCUT2D eigenvalue weighted by Gasteiger charge is 2.70. The van der Waals surface area contributed by atoms with Crippen LogP contribution >= 0.6 is 23.2 Å². The number of aromatic hydroxyl groups is 1. The number of carbonyl (C=O) groups excluding carboxylic acids is 4. The molecule has 4 amide bonds. The maximum absolute atomic E-state index is 15.2. The number of imide groups is 2. The molecule has 6 atom stereocenters. The van der Waals surface area contributed by atoms with Crippen molar-refractivity contribution in [3.8, 4) is 11.5 Å². The van der Waals surface area contributed by atoms with Crippen molar-refractivity contribution in [1.29, 1.82) is 0 Å². The summed E-state index contributed by atoms with van der Waals surface area (Å²) in [5, 5.41) is 21.1. The Balaban J connectivity index is 1.42. The summed E-state index contributed by atoms with van der Waals surface area (Å²) in [6, 6.07) is 18.0. The average Bonchev–Trinajstić information content (AvgIpc) is 3.45. The Kier molecular flexibility index (Phi) is 8.15. The largest absolute Gasteiger partial charge is 0.508 e. The Morgan fingerprint density at radius 2 is 1.67 bits per heavy atom. The number of hydrogen-bond acceptors (Lipinski definition) is 8. The molecule has 252 valence electrons. The molecule has 0 aromatic heterocycles. The van der Waals surface area contributed by atoms with Crippen LogP contribution < -0.4 is 10.2 Å². The lowest BCUT2D eigenvalue weighted by atomic mass is 9.49. The molecular formula is C36H31Cl2N3O8. The molecule has 3 fully saturated rings. The molecule has 3 aromatic carbocycles. The number of nitrogens with zero attached hydrogens (tertiary/aromatic N) is 2. The number of hydrogen-bond donors (Lipinski definition) is 3. The van der Waals surface area contributed by atoms with Crippen molar-refractivity contribution in [1.82, 2.24) is 9.91 Å². The number of phenols is 1. The molecule has 6 unspecified atom stereocenters. The zero-order valence-corrected chi connectivity index (χ0v) is 27.6. The van der Waals surface area contributed by atoms with Crippen molar-refractivity contribution < 1.29 is 38.9 Å². The summed E-state index contributed by atoms with van der Waals surface area (Å²) < 4.78 is 5.41. The number of likely N-dealkylation sites (tertiary alicyclic amines) is 1. The number of anilines is 1. The number of rotatable bonds is 8. The van der Waals surface area contributed by atoms with E-state index in [1.807, 2.05) is 6.08 Å². The van der Waals surface area contributed by atoms with Crippen molar-refractivity contribution in [3.63, 3.8) is 0 Å². The second kappa shape index (κ2) is 12.2. The molecule has 0 radical (unpaired) electrons. The zero-order valence-electron chi connectivity index (χ0n) is 26.1. The van der Waals surface area contributed by atoms with Gasteiger partial charge in [0.05, 0.1) is 47.4 Å². The van der Waals surface area contributed by atoms with Gasteiger partial charge in [-0.15, -0.1) is 0 Å². The maximum atomic E-state index is 15.2. The first-order chi connectivity index (χ1) is 23.5. The van der Waals surface area contributed by atoms with E-state index in [9.17, 15) is 29.4 Å². The van der Waals surface area contributed by atoms with E-state index in [2.05, 4.69) is 5.43 Å². The van der Waals surface area contributed by atoms with Gasteiger partial charge < -0.3 is 14.9 Å². The molecule has 2 aliphatic carbocycles. The average molecular weight is 705 g/mol. The Bertz CT molecular complexity index is 1930. The number of methoxy groups -OCH3 is 1. The van der Waals surface area contributed by atoms with Gasteiger partial charge in [-0.1, -0.05) is 59.1 Å². The Labute approximate surface area is 291 Å². The number of allylic oxidation sites excluding steroid dienone is 2. The summed E-state index contributed by atoms with van der Waals surface area (Å²) in [5.41, 5.74) is 3.58. The molecule has 0 spiro atoms. The van der Waals surface area contributed by atoms with Crippen LogP contribution in [-0.4, -0.2) is 63.4 Å². The number of amides is 4. The van der Waals surface area contributed by atoms with E-state index in [1.165, 1.54) is 25.3 Å². The van der Waals surface area contributed by atoms with Crippen molar-refractivity contribution in [2.75, 3.05) is 19.1 Å². The molecule has 2 heterocycles. The molecule has 7 rings (SSSR count). The van der Waals surface area contributed by atoms with E-state index < -0.39 is 64.6 Å². The number of aliphatic carboxylic acids is 1. The van der Waals surface area contributed by atoms with E-state index >= 15 is 4.79 Å². The number of nitrogens with one attached hydrogen (secondary N) is 1. The minimum Gasteiger partial charge on any atom is -0.508 e. The summed E-state index contributed by atoms with van der Waals surface area (Å²) in [6.45, 7) is -0.250. The summed E-state index contributed by atoms with van der Waals surface area (Å²) in [6.07, 6.45) is 1.78. The van der Waals surface area contributed by atoms with Crippen LogP contribution in [0.25, 0.3) is 0 Å². The maximum Gasteiger partial charge on any atom is 0.305 e. The van der Waals surface area contributed by atoms with Gasteiger partial charge in [-0.2, -0.15) is 5.01 Å². The Hall–Kier alpha value is -4.87. The fourth-order valence-electron chi connectivity index (χ4n) is 8.38. The van der Waals surface area contributed by atoms with Gasteiger partial charge in [0.2, 0.25) is 11.8 Å². The third-order valence-corrected chi connectivity index (χ3v) is 11.0. The Morgan fingerprint density at radius 1 is 0.959 bits per heavy atom. The minimum atomic E-state index is -1.53. The number of hydrazine groups is 1. The summed E-state index contributed by atoms with van der Waals surface area (Å²) in [7, 11) is 1.52. The van der Waals surface area contributed by atoms with Crippen LogP contribution in [0.2, 0.25) is 10.0 Å². The third kappa shape index (κ3) is 5.06. The van der Waals surface area contributed by atoms with Crippen LogP contribution in [0, 0.1) is 23.7 Å². The quantitative estimate of drug-likeness (QED) is 0.213. The predicted octanol–water partition coefficient (Wildman–Crippen LogP) is 5.17. The SMILES string of the molecule is COc1ccc(C23C(=O)N(Nc4ccc(Cl)cc4Cl)C(=O)C2CC2C(=CCC4C(=O)N(CCC(=O)O)C(=O)C42)C3c2ccc(O)cc2)cc1. The molecule has 3 aromatic rings. The van der Waals surface area contributed by atoms with Crippen LogP contribution in [0.3, 0.4) is 0 Å². The highest BCUT2D eigenvalue weighted by molar-refractivity contribution is 6.36. The summed E-state index contributed by atoms with van der Waals surface area (Å²) in [5.74, 6) is -6.58. The lowest BCUT2D eigenvalue weighted by Crippen LogP contribution is -2.53. The lowest BCUT2D eigenvalue weighted by molar-refractivity contribution is -0.143. The zero-order chi connectivity index (χ0) is 34.8. The topological polar surface area (TPSA) is 154 Å². The highest BCUT2D eigenvalue weighted by atomic mass is 35.5. The van der Waals surface area contributed by atoms with Crippen molar-refractivity contribution in [3.05, 3.63) is 99.6 Å². The van der Waals surface area contributed by atoms with Gasteiger partial charge in [0.15, 0.2) is 0 Å². The normalized spacial score (nSPS) is 27.4. The van der Waals surface area contributed by atoms with Crippen LogP contribution in [-0.2, 0) is 29.4 Å². The number of halogens is 2. The van der Waals surface area contributed by atoms with Gasteiger partial charge in [0, 0.05) is 17.5 Å². The van der Waals surface area contributed by atoms with Crippen molar-refractivity contribution >= 4 is 58.5 Å². The number of carbonyl (C=O) groups is 5. The lowest BCUT2D eigenvalue weighted by Gasteiger charge is -2.50. The van der Waals surface area contributed by atoms with E-state index in [0.717, 1.165) is 15.5 Å². The molecule has 11 nitrogen and oxygen atoms in total. The van der Waals surface area contributed by atoms with E-state index in [4.69, 9.17) is 27.9 Å². The van der Waals surface area contributed by atoms with Crippen LogP contribution in [0.4, 0.5) is 5.69 Å². The van der Waals surface area contributed by atoms with E-state index in [-0.39, 0.29) is 42.3 Å².